The Hall–Kier alpha value is -3.10. The third kappa shape index (κ3) is 4.16. The van der Waals surface area contributed by atoms with Gasteiger partial charge in [0.05, 0.1) is 36.4 Å². The highest BCUT2D eigenvalue weighted by atomic mass is 16.5. The molecule has 4 aromatic rings. The van der Waals surface area contributed by atoms with Crippen LogP contribution in [-0.4, -0.2) is 77.1 Å². The number of benzene rings is 2. The molecule has 8 nitrogen and oxygen atoms in total. The number of nitrogens with one attached hydrogen (secondary N) is 2. The molecule has 0 saturated carbocycles. The highest BCUT2D eigenvalue weighted by Gasteiger charge is 2.28. The smallest absolute Gasteiger partial charge is 0.159 e. The Labute approximate surface area is 193 Å². The molecule has 0 spiro atoms. The zero-order chi connectivity index (χ0) is 23.1. The Balaban J connectivity index is 1.44. The summed E-state index contributed by atoms with van der Waals surface area (Å²) in [5.74, 6) is 1.54. The molecule has 8 heteroatoms. The van der Waals surface area contributed by atoms with E-state index in [1.165, 1.54) is 5.69 Å². The molecule has 0 bridgehead atoms. The van der Waals surface area contributed by atoms with Crippen molar-refractivity contribution in [3.05, 3.63) is 36.4 Å². The molecule has 174 valence electrons. The number of H-pyrrole nitrogens is 2. The number of likely N-dealkylation sites (N-methyl/N-ethyl adjacent to an activating group) is 1. The quantitative estimate of drug-likeness (QED) is 0.463. The molecule has 0 amide bonds. The number of anilines is 1. The maximum atomic E-state index is 6.14. The molecule has 2 unspecified atom stereocenters. The van der Waals surface area contributed by atoms with Gasteiger partial charge in [-0.1, -0.05) is 0 Å². The molecule has 1 aliphatic heterocycles. The summed E-state index contributed by atoms with van der Waals surface area (Å²) in [7, 11) is 3.82. The monoisotopic (exact) mass is 448 g/mol. The largest absolute Gasteiger partial charge is 0.497 e. The molecule has 0 radical (unpaired) electrons. The van der Waals surface area contributed by atoms with Gasteiger partial charge in [0.2, 0.25) is 0 Å². The fraction of sp³-hybridized carbons (Fsp3) is 0.440. The van der Waals surface area contributed by atoms with E-state index in [0.29, 0.717) is 12.1 Å². The van der Waals surface area contributed by atoms with Crippen LogP contribution < -0.4 is 9.64 Å². The minimum absolute atomic E-state index is 0.187. The molecule has 1 fully saturated rings. The lowest BCUT2D eigenvalue weighted by Gasteiger charge is -2.41. The summed E-state index contributed by atoms with van der Waals surface area (Å²) in [6.07, 6.45) is 0.187. The molecule has 0 aliphatic carbocycles. The summed E-state index contributed by atoms with van der Waals surface area (Å²) in [6.45, 7) is 9.16. The molecule has 1 saturated heterocycles. The van der Waals surface area contributed by atoms with Gasteiger partial charge in [-0.05, 0) is 64.2 Å². The second-order valence-corrected chi connectivity index (χ2v) is 9.26. The number of aromatic nitrogens is 4. The van der Waals surface area contributed by atoms with Crippen molar-refractivity contribution in [2.75, 3.05) is 38.8 Å². The lowest BCUT2D eigenvalue weighted by atomic mass is 10.1. The zero-order valence-electron chi connectivity index (χ0n) is 19.9. The molecular formula is C25H32N6O2. The van der Waals surface area contributed by atoms with Crippen molar-refractivity contribution >= 4 is 27.6 Å². The number of rotatable bonds is 6. The molecule has 5 rings (SSSR count). The van der Waals surface area contributed by atoms with E-state index in [4.69, 9.17) is 14.5 Å². The van der Waals surface area contributed by atoms with Gasteiger partial charge in [0, 0.05) is 36.2 Å². The number of nitrogens with zero attached hydrogens (tertiary/aromatic N) is 4. The van der Waals surface area contributed by atoms with Gasteiger partial charge in [-0.2, -0.15) is 5.10 Å². The Morgan fingerprint density at radius 3 is 2.85 bits per heavy atom. The first kappa shape index (κ1) is 21.7. The second kappa shape index (κ2) is 8.68. The number of methoxy groups -OCH3 is 1. The molecule has 33 heavy (non-hydrogen) atoms. The zero-order valence-corrected chi connectivity index (χ0v) is 19.9. The number of fused-ring (bicyclic) bond motifs is 2. The van der Waals surface area contributed by atoms with E-state index in [1.54, 1.807) is 7.11 Å². The van der Waals surface area contributed by atoms with E-state index in [1.807, 2.05) is 18.2 Å². The predicted molar refractivity (Wildman–Crippen MR) is 132 cm³/mol. The average molecular weight is 449 g/mol. The summed E-state index contributed by atoms with van der Waals surface area (Å²) in [5, 5.41) is 8.57. The van der Waals surface area contributed by atoms with Crippen molar-refractivity contribution in [1.29, 1.82) is 0 Å². The lowest BCUT2D eigenvalue weighted by molar-refractivity contribution is 0.000769. The van der Waals surface area contributed by atoms with Gasteiger partial charge in [0.15, 0.2) is 5.82 Å². The fourth-order valence-electron chi connectivity index (χ4n) is 4.41. The van der Waals surface area contributed by atoms with E-state index in [-0.39, 0.29) is 6.10 Å². The van der Waals surface area contributed by atoms with Crippen LogP contribution in [0.4, 0.5) is 5.69 Å². The Morgan fingerprint density at radius 2 is 2.06 bits per heavy atom. The number of hydrogen-bond donors (Lipinski definition) is 2. The van der Waals surface area contributed by atoms with Crippen LogP contribution >= 0.6 is 0 Å². The molecule has 2 atom stereocenters. The summed E-state index contributed by atoms with van der Waals surface area (Å²) in [6, 6.07) is 13.1. The Kier molecular flexibility index (Phi) is 5.72. The highest BCUT2D eigenvalue weighted by Crippen LogP contribution is 2.31. The second-order valence-electron chi connectivity index (χ2n) is 9.26. The number of ether oxygens (including phenoxy) is 2. The van der Waals surface area contributed by atoms with Crippen molar-refractivity contribution in [1.82, 2.24) is 25.1 Å². The van der Waals surface area contributed by atoms with E-state index >= 15 is 0 Å². The average Bonchev–Trinajstić information content (AvgIpc) is 3.42. The molecule has 2 aromatic carbocycles. The van der Waals surface area contributed by atoms with Gasteiger partial charge < -0.3 is 24.3 Å². The van der Waals surface area contributed by atoms with Crippen LogP contribution in [0.2, 0.25) is 0 Å². The normalized spacial score (nSPS) is 19.3. The Morgan fingerprint density at radius 1 is 1.21 bits per heavy atom. The first-order valence-corrected chi connectivity index (χ1v) is 11.5. The summed E-state index contributed by atoms with van der Waals surface area (Å²) in [5.41, 5.74) is 4.84. The number of aromatic amines is 2. The van der Waals surface area contributed by atoms with Crippen molar-refractivity contribution in [2.45, 2.75) is 39.0 Å². The summed E-state index contributed by atoms with van der Waals surface area (Å²) < 4.78 is 11.5. The molecule has 3 heterocycles. The molecule has 2 N–H and O–H groups in total. The van der Waals surface area contributed by atoms with Gasteiger partial charge in [-0.15, -0.1) is 0 Å². The summed E-state index contributed by atoms with van der Waals surface area (Å²) in [4.78, 5) is 13.1. The standard InChI is InChI=1S/C25H32N6O2/c1-15(2)30(4)12-19-13-31(16(3)14-33-19)17-6-8-22-23(10-17)27-25(26-22)24-20-11-18(32-5)7-9-21(20)28-29-24/h6-11,15-16,19H,12-14H2,1-5H3,(H,26,27)(H,28,29). The first-order chi connectivity index (χ1) is 15.9. The van der Waals surface area contributed by atoms with Crippen molar-refractivity contribution in [2.24, 2.45) is 0 Å². The fourth-order valence-corrected chi connectivity index (χ4v) is 4.41. The van der Waals surface area contributed by atoms with Crippen LogP contribution in [0.1, 0.15) is 20.8 Å². The van der Waals surface area contributed by atoms with Crippen LogP contribution in [0, 0.1) is 0 Å². The Bertz CT molecular complexity index is 1260. The minimum atomic E-state index is 0.187. The maximum Gasteiger partial charge on any atom is 0.159 e. The van der Waals surface area contributed by atoms with E-state index in [2.05, 4.69) is 71.0 Å². The van der Waals surface area contributed by atoms with E-state index in [0.717, 1.165) is 58.9 Å². The highest BCUT2D eigenvalue weighted by molar-refractivity contribution is 5.94. The van der Waals surface area contributed by atoms with Crippen LogP contribution in [0.5, 0.6) is 5.75 Å². The third-order valence-corrected chi connectivity index (χ3v) is 6.67. The van der Waals surface area contributed by atoms with Crippen molar-refractivity contribution in [3.63, 3.8) is 0 Å². The number of hydrogen-bond acceptors (Lipinski definition) is 6. The molecule has 1 aliphatic rings. The van der Waals surface area contributed by atoms with Crippen LogP contribution in [0.15, 0.2) is 36.4 Å². The van der Waals surface area contributed by atoms with Crippen molar-refractivity contribution < 1.29 is 9.47 Å². The number of morpholine rings is 1. The first-order valence-electron chi connectivity index (χ1n) is 11.5. The van der Waals surface area contributed by atoms with E-state index < -0.39 is 0 Å². The third-order valence-electron chi connectivity index (χ3n) is 6.67. The van der Waals surface area contributed by atoms with Gasteiger partial charge in [-0.25, -0.2) is 4.98 Å². The minimum Gasteiger partial charge on any atom is -0.497 e. The van der Waals surface area contributed by atoms with Gasteiger partial charge >= 0.3 is 0 Å². The topological polar surface area (TPSA) is 82.3 Å². The summed E-state index contributed by atoms with van der Waals surface area (Å²) >= 11 is 0. The predicted octanol–water partition coefficient (Wildman–Crippen LogP) is 4.05. The molecular weight excluding hydrogens is 416 g/mol. The van der Waals surface area contributed by atoms with Gasteiger partial charge in [0.1, 0.15) is 11.4 Å². The van der Waals surface area contributed by atoms with Gasteiger partial charge in [0.25, 0.3) is 0 Å². The van der Waals surface area contributed by atoms with Gasteiger partial charge in [-0.3, -0.25) is 5.10 Å². The SMILES string of the molecule is COc1ccc2[nH]nc(-c3nc4ccc(N5CC(CN(C)C(C)C)OCC5C)cc4[nH]3)c2c1. The molecule has 2 aromatic heterocycles. The van der Waals surface area contributed by atoms with Crippen LogP contribution in [0.25, 0.3) is 33.5 Å². The van der Waals surface area contributed by atoms with Crippen molar-refractivity contribution in [3.8, 4) is 17.3 Å². The van der Waals surface area contributed by atoms with Crippen LogP contribution in [0.3, 0.4) is 0 Å². The number of imidazole rings is 1. The van der Waals surface area contributed by atoms with E-state index in [9.17, 15) is 0 Å². The lowest BCUT2D eigenvalue weighted by Crippen LogP contribution is -2.52. The van der Waals surface area contributed by atoms with Crippen LogP contribution in [-0.2, 0) is 4.74 Å². The maximum absolute atomic E-state index is 6.14.